The lowest BCUT2D eigenvalue weighted by Crippen LogP contribution is -2.33. The SMILES string of the molecule is COc1ccc(S(=O)(=O)c2nc(C(C)(C)C)oc2N2CCC(C)CC2)cc1. The fourth-order valence-corrected chi connectivity index (χ4v) is 4.39. The van der Waals surface area contributed by atoms with Crippen molar-refractivity contribution < 1.29 is 17.6 Å². The Bertz CT molecular complexity index is 887. The summed E-state index contributed by atoms with van der Waals surface area (Å²) in [6.45, 7) is 9.64. The molecule has 27 heavy (non-hydrogen) atoms. The maximum atomic E-state index is 13.3. The molecule has 0 spiro atoms. The minimum absolute atomic E-state index is 0.00662. The zero-order chi connectivity index (χ0) is 19.8. The fourth-order valence-electron chi connectivity index (χ4n) is 3.07. The van der Waals surface area contributed by atoms with Crippen LogP contribution in [0.4, 0.5) is 5.88 Å². The van der Waals surface area contributed by atoms with Gasteiger partial charge in [-0.1, -0.05) is 27.7 Å². The largest absolute Gasteiger partial charge is 0.497 e. The number of hydrogen-bond acceptors (Lipinski definition) is 6. The molecule has 1 saturated heterocycles. The summed E-state index contributed by atoms with van der Waals surface area (Å²) in [6, 6.07) is 6.36. The highest BCUT2D eigenvalue weighted by Gasteiger charge is 2.34. The van der Waals surface area contributed by atoms with Crippen LogP contribution in [0, 0.1) is 5.92 Å². The Morgan fingerprint density at radius 3 is 2.26 bits per heavy atom. The second-order valence-electron chi connectivity index (χ2n) is 8.23. The number of nitrogens with zero attached hydrogens (tertiary/aromatic N) is 2. The van der Waals surface area contributed by atoms with Crippen molar-refractivity contribution in [2.24, 2.45) is 5.92 Å². The summed E-state index contributed by atoms with van der Waals surface area (Å²) in [5, 5.41) is 0.00662. The van der Waals surface area contributed by atoms with Gasteiger partial charge in [-0.3, -0.25) is 0 Å². The number of benzene rings is 1. The molecule has 0 bridgehead atoms. The molecule has 3 rings (SSSR count). The monoisotopic (exact) mass is 392 g/mol. The van der Waals surface area contributed by atoms with Crippen LogP contribution < -0.4 is 9.64 Å². The first-order valence-corrected chi connectivity index (χ1v) is 10.8. The van der Waals surface area contributed by atoms with Crippen LogP contribution in [0.1, 0.15) is 46.4 Å². The molecule has 2 aromatic rings. The maximum absolute atomic E-state index is 13.3. The van der Waals surface area contributed by atoms with Gasteiger partial charge in [0.25, 0.3) is 0 Å². The van der Waals surface area contributed by atoms with E-state index in [1.807, 2.05) is 25.7 Å². The lowest BCUT2D eigenvalue weighted by atomic mass is 9.97. The number of aromatic nitrogens is 1. The number of oxazole rings is 1. The van der Waals surface area contributed by atoms with Crippen molar-refractivity contribution in [2.45, 2.75) is 55.9 Å². The third-order valence-electron chi connectivity index (χ3n) is 4.92. The van der Waals surface area contributed by atoms with E-state index in [1.165, 1.54) is 0 Å². The standard InChI is InChI=1S/C20H28N2O4S/c1-14-10-12-22(13-11-14)18-17(21-19(26-18)20(2,3)4)27(23,24)16-8-6-15(25-5)7-9-16/h6-9,14H,10-13H2,1-5H3. The van der Waals surface area contributed by atoms with E-state index in [0.717, 1.165) is 25.9 Å². The van der Waals surface area contributed by atoms with Gasteiger partial charge in [-0.15, -0.1) is 0 Å². The van der Waals surface area contributed by atoms with Gasteiger partial charge in [0, 0.05) is 18.5 Å². The Morgan fingerprint density at radius 2 is 1.74 bits per heavy atom. The summed E-state index contributed by atoms with van der Waals surface area (Å²) in [7, 11) is -2.25. The number of anilines is 1. The van der Waals surface area contributed by atoms with Crippen molar-refractivity contribution >= 4 is 15.7 Å². The molecular weight excluding hydrogens is 364 g/mol. The highest BCUT2D eigenvalue weighted by molar-refractivity contribution is 7.91. The third-order valence-corrected chi connectivity index (χ3v) is 6.58. The first-order valence-electron chi connectivity index (χ1n) is 9.28. The van der Waals surface area contributed by atoms with Gasteiger partial charge < -0.3 is 14.1 Å². The normalized spacial score (nSPS) is 16.6. The van der Waals surface area contributed by atoms with Crippen LogP contribution in [0.3, 0.4) is 0 Å². The zero-order valence-electron chi connectivity index (χ0n) is 16.7. The molecule has 1 aromatic heterocycles. The molecule has 148 valence electrons. The Kier molecular flexibility index (Phi) is 5.25. The van der Waals surface area contributed by atoms with Gasteiger partial charge >= 0.3 is 0 Å². The molecule has 6 nitrogen and oxygen atoms in total. The van der Waals surface area contributed by atoms with Crippen molar-refractivity contribution in [3.63, 3.8) is 0 Å². The minimum Gasteiger partial charge on any atom is -0.497 e. The molecule has 0 radical (unpaired) electrons. The number of sulfone groups is 1. The number of piperidine rings is 1. The Hall–Kier alpha value is -2.02. The van der Waals surface area contributed by atoms with Crippen molar-refractivity contribution in [2.75, 3.05) is 25.1 Å². The second kappa shape index (κ2) is 7.19. The molecule has 0 unspecified atom stereocenters. The summed E-state index contributed by atoms with van der Waals surface area (Å²) in [5.41, 5.74) is -0.383. The molecule has 7 heteroatoms. The lowest BCUT2D eigenvalue weighted by molar-refractivity contribution is 0.372. The van der Waals surface area contributed by atoms with Crippen molar-refractivity contribution in [3.8, 4) is 5.75 Å². The van der Waals surface area contributed by atoms with Crippen LogP contribution in [0.15, 0.2) is 38.6 Å². The molecule has 1 aromatic carbocycles. The summed E-state index contributed by atoms with van der Waals surface area (Å²) >= 11 is 0. The average Bonchev–Trinajstić information content (AvgIpc) is 3.09. The average molecular weight is 393 g/mol. The minimum atomic E-state index is -3.80. The molecule has 1 fully saturated rings. The highest BCUT2D eigenvalue weighted by Crippen LogP contribution is 2.36. The Labute approximate surface area is 161 Å². The summed E-state index contributed by atoms with van der Waals surface area (Å²) in [5.74, 6) is 2.04. The summed E-state index contributed by atoms with van der Waals surface area (Å²) in [4.78, 5) is 6.64. The van der Waals surface area contributed by atoms with Crippen LogP contribution >= 0.6 is 0 Å². The number of methoxy groups -OCH3 is 1. The Balaban J connectivity index is 2.07. The topological polar surface area (TPSA) is 72.6 Å². The summed E-state index contributed by atoms with van der Waals surface area (Å²) in [6.07, 6.45) is 2.02. The fraction of sp³-hybridized carbons (Fsp3) is 0.550. The molecular formula is C20H28N2O4S. The highest BCUT2D eigenvalue weighted by atomic mass is 32.2. The second-order valence-corrected chi connectivity index (χ2v) is 10.1. The van der Waals surface area contributed by atoms with Gasteiger partial charge in [-0.05, 0) is 43.0 Å². The summed E-state index contributed by atoms with van der Waals surface area (Å²) < 4.78 is 37.8. The molecule has 0 atom stereocenters. The van der Waals surface area contributed by atoms with Gasteiger partial charge in [0.2, 0.25) is 26.6 Å². The lowest BCUT2D eigenvalue weighted by Gasteiger charge is -2.30. The molecule has 0 amide bonds. The quantitative estimate of drug-likeness (QED) is 0.782. The van der Waals surface area contributed by atoms with E-state index in [-0.39, 0.29) is 15.3 Å². The Morgan fingerprint density at radius 1 is 1.15 bits per heavy atom. The molecule has 0 N–H and O–H groups in total. The van der Waals surface area contributed by atoms with E-state index in [0.29, 0.717) is 23.4 Å². The van der Waals surface area contributed by atoms with Crippen LogP contribution in [0.25, 0.3) is 0 Å². The van der Waals surface area contributed by atoms with Crippen molar-refractivity contribution in [1.82, 2.24) is 4.98 Å². The number of ether oxygens (including phenoxy) is 1. The zero-order valence-corrected chi connectivity index (χ0v) is 17.5. The number of hydrogen-bond donors (Lipinski definition) is 0. The van der Waals surface area contributed by atoms with E-state index < -0.39 is 9.84 Å². The van der Waals surface area contributed by atoms with Crippen LogP contribution in [-0.4, -0.2) is 33.6 Å². The predicted octanol–water partition coefficient (Wildman–Crippen LogP) is 4.05. The third kappa shape index (κ3) is 3.98. The maximum Gasteiger partial charge on any atom is 0.236 e. The molecule has 1 aliphatic heterocycles. The molecule has 2 heterocycles. The van der Waals surface area contributed by atoms with Crippen LogP contribution in [-0.2, 0) is 15.3 Å². The molecule has 0 aliphatic carbocycles. The van der Waals surface area contributed by atoms with Crippen LogP contribution in [0.2, 0.25) is 0 Å². The van der Waals surface area contributed by atoms with Gasteiger partial charge in [-0.2, -0.15) is 4.98 Å². The van der Waals surface area contributed by atoms with Gasteiger partial charge in [-0.25, -0.2) is 8.42 Å². The molecule has 1 aliphatic rings. The number of rotatable bonds is 4. The van der Waals surface area contributed by atoms with Gasteiger partial charge in [0.1, 0.15) is 5.75 Å². The van der Waals surface area contributed by atoms with Crippen LogP contribution in [0.5, 0.6) is 5.75 Å². The smallest absolute Gasteiger partial charge is 0.236 e. The van der Waals surface area contributed by atoms with Gasteiger partial charge in [0.15, 0.2) is 0 Å². The first-order chi connectivity index (χ1) is 12.6. The molecule has 0 saturated carbocycles. The first kappa shape index (κ1) is 19.7. The van der Waals surface area contributed by atoms with E-state index >= 15 is 0 Å². The van der Waals surface area contributed by atoms with Crippen molar-refractivity contribution in [1.29, 1.82) is 0 Å². The van der Waals surface area contributed by atoms with E-state index in [9.17, 15) is 8.42 Å². The van der Waals surface area contributed by atoms with Gasteiger partial charge in [0.05, 0.1) is 12.0 Å². The van der Waals surface area contributed by atoms with E-state index in [1.54, 1.807) is 31.4 Å². The van der Waals surface area contributed by atoms with Crippen molar-refractivity contribution in [3.05, 3.63) is 30.2 Å². The van der Waals surface area contributed by atoms with E-state index in [4.69, 9.17) is 9.15 Å². The predicted molar refractivity (Wildman–Crippen MR) is 104 cm³/mol. The van der Waals surface area contributed by atoms with E-state index in [2.05, 4.69) is 11.9 Å².